The molecule has 1 aliphatic carbocycles. The Labute approximate surface area is 129 Å². The number of allylic oxidation sites excluding steroid dienone is 2. The zero-order valence-electron chi connectivity index (χ0n) is 15.5. The Kier molecular flexibility index (Phi) is 10.3. The van der Waals surface area contributed by atoms with Crippen LogP contribution < -0.4 is 0 Å². The zero-order chi connectivity index (χ0) is 15.7. The lowest BCUT2D eigenvalue weighted by atomic mass is 9.83. The van der Waals surface area contributed by atoms with E-state index in [-0.39, 0.29) is 0 Å². The average molecular weight is 281 g/mol. The summed E-state index contributed by atoms with van der Waals surface area (Å²) >= 11 is 0. The van der Waals surface area contributed by atoms with Gasteiger partial charge in [-0.3, -0.25) is 0 Å². The summed E-state index contributed by atoms with van der Waals surface area (Å²) in [5.74, 6) is 4.48. The van der Waals surface area contributed by atoms with E-state index in [0.717, 1.165) is 29.6 Å². The fourth-order valence-corrected chi connectivity index (χ4v) is 2.52. The molecule has 20 heavy (non-hydrogen) atoms. The second-order valence-corrected chi connectivity index (χ2v) is 8.02. The van der Waals surface area contributed by atoms with Crippen LogP contribution in [0.2, 0.25) is 0 Å². The molecule has 0 fully saturated rings. The molecule has 2 atom stereocenters. The Morgan fingerprint density at radius 3 is 1.95 bits per heavy atom. The normalized spacial score (nSPS) is 20.8. The third-order valence-electron chi connectivity index (χ3n) is 4.96. The van der Waals surface area contributed by atoms with Crippen molar-refractivity contribution in [2.45, 2.75) is 87.5 Å². The van der Waals surface area contributed by atoms with Crippen molar-refractivity contribution >= 4 is 0 Å². The van der Waals surface area contributed by atoms with E-state index in [1.807, 2.05) is 0 Å². The number of hydrogen-bond donors (Lipinski definition) is 0. The highest BCUT2D eigenvalue weighted by Gasteiger charge is 2.15. The second kappa shape index (κ2) is 10.5. The summed E-state index contributed by atoms with van der Waals surface area (Å²) in [6, 6.07) is 0. The Balaban J connectivity index is 0.000000361. The molecular formula is C20H40. The molecular weight excluding hydrogens is 240 g/mol. The van der Waals surface area contributed by atoms with Crippen molar-refractivity contribution in [1.82, 2.24) is 0 Å². The van der Waals surface area contributed by atoms with Crippen LogP contribution >= 0.6 is 0 Å². The van der Waals surface area contributed by atoms with Crippen molar-refractivity contribution < 1.29 is 0 Å². The average Bonchev–Trinajstić information content (AvgIpc) is 2.37. The van der Waals surface area contributed by atoms with Gasteiger partial charge in [0, 0.05) is 0 Å². The van der Waals surface area contributed by atoms with E-state index in [9.17, 15) is 0 Å². The SMILES string of the molecule is CC(C)CCC(C)C(C)C.CC1=CCC(C(C)C)CC1. The van der Waals surface area contributed by atoms with Crippen LogP contribution in [-0.2, 0) is 0 Å². The molecule has 0 amide bonds. The summed E-state index contributed by atoms with van der Waals surface area (Å²) in [4.78, 5) is 0. The largest absolute Gasteiger partial charge is 0.0853 e. The Morgan fingerprint density at radius 1 is 1.00 bits per heavy atom. The molecule has 0 heteroatoms. The van der Waals surface area contributed by atoms with Crippen LogP contribution in [0.25, 0.3) is 0 Å². The first-order valence-electron chi connectivity index (χ1n) is 8.89. The van der Waals surface area contributed by atoms with E-state index in [1.54, 1.807) is 5.57 Å². The lowest BCUT2D eigenvalue weighted by molar-refractivity contribution is 0.350. The van der Waals surface area contributed by atoms with E-state index in [4.69, 9.17) is 0 Å². The van der Waals surface area contributed by atoms with Gasteiger partial charge in [-0.2, -0.15) is 0 Å². The predicted octanol–water partition coefficient (Wildman–Crippen LogP) is 7.10. The monoisotopic (exact) mass is 280 g/mol. The molecule has 120 valence electrons. The fraction of sp³-hybridized carbons (Fsp3) is 0.900. The number of hydrogen-bond acceptors (Lipinski definition) is 0. The lowest BCUT2D eigenvalue weighted by Gasteiger charge is -2.23. The molecule has 0 saturated carbocycles. The van der Waals surface area contributed by atoms with Gasteiger partial charge in [-0.15, -0.1) is 0 Å². The van der Waals surface area contributed by atoms with E-state index < -0.39 is 0 Å². The van der Waals surface area contributed by atoms with Crippen molar-refractivity contribution in [3.05, 3.63) is 11.6 Å². The van der Waals surface area contributed by atoms with Crippen LogP contribution in [0.3, 0.4) is 0 Å². The topological polar surface area (TPSA) is 0 Å². The summed E-state index contributed by atoms with van der Waals surface area (Å²) in [6.07, 6.45) is 9.27. The molecule has 0 N–H and O–H groups in total. The molecule has 0 heterocycles. The summed E-state index contributed by atoms with van der Waals surface area (Å²) in [6.45, 7) is 18.5. The fourth-order valence-electron chi connectivity index (χ4n) is 2.52. The summed E-state index contributed by atoms with van der Waals surface area (Å²) in [5, 5.41) is 0. The van der Waals surface area contributed by atoms with Gasteiger partial charge in [-0.1, -0.05) is 73.0 Å². The first kappa shape index (κ1) is 19.7. The van der Waals surface area contributed by atoms with Crippen LogP contribution in [0.1, 0.15) is 87.5 Å². The Bertz CT molecular complexity index is 257. The molecule has 1 aliphatic rings. The van der Waals surface area contributed by atoms with Crippen molar-refractivity contribution in [2.24, 2.45) is 29.6 Å². The lowest BCUT2D eigenvalue weighted by Crippen LogP contribution is -2.10. The quantitative estimate of drug-likeness (QED) is 0.471. The van der Waals surface area contributed by atoms with Gasteiger partial charge in [0.2, 0.25) is 0 Å². The van der Waals surface area contributed by atoms with Crippen molar-refractivity contribution in [3.63, 3.8) is 0 Å². The van der Waals surface area contributed by atoms with Gasteiger partial charge >= 0.3 is 0 Å². The Morgan fingerprint density at radius 2 is 1.60 bits per heavy atom. The van der Waals surface area contributed by atoms with Gasteiger partial charge in [0.1, 0.15) is 0 Å². The first-order valence-corrected chi connectivity index (χ1v) is 8.89. The van der Waals surface area contributed by atoms with Crippen molar-refractivity contribution in [2.75, 3.05) is 0 Å². The molecule has 2 unspecified atom stereocenters. The van der Waals surface area contributed by atoms with Gasteiger partial charge in [0.05, 0.1) is 0 Å². The predicted molar refractivity (Wildman–Crippen MR) is 94.0 cm³/mol. The van der Waals surface area contributed by atoms with E-state index in [0.29, 0.717) is 0 Å². The molecule has 0 nitrogen and oxygen atoms in total. The minimum absolute atomic E-state index is 0.860. The van der Waals surface area contributed by atoms with Gasteiger partial charge in [0.25, 0.3) is 0 Å². The Hall–Kier alpha value is -0.260. The molecule has 0 saturated heterocycles. The molecule has 0 aliphatic heterocycles. The van der Waals surface area contributed by atoms with E-state index >= 15 is 0 Å². The number of rotatable bonds is 5. The van der Waals surface area contributed by atoms with E-state index in [2.05, 4.69) is 61.5 Å². The van der Waals surface area contributed by atoms with Crippen molar-refractivity contribution in [3.8, 4) is 0 Å². The summed E-state index contributed by atoms with van der Waals surface area (Å²) in [5.41, 5.74) is 1.59. The molecule has 0 bridgehead atoms. The van der Waals surface area contributed by atoms with Gasteiger partial charge in [-0.25, -0.2) is 0 Å². The highest BCUT2D eigenvalue weighted by atomic mass is 14.2. The summed E-state index contributed by atoms with van der Waals surface area (Å²) < 4.78 is 0. The van der Waals surface area contributed by atoms with Gasteiger partial charge < -0.3 is 0 Å². The first-order chi connectivity index (χ1) is 9.23. The third-order valence-corrected chi connectivity index (χ3v) is 4.96. The maximum atomic E-state index is 2.41. The maximum Gasteiger partial charge on any atom is -0.0317 e. The van der Waals surface area contributed by atoms with Crippen LogP contribution in [0.5, 0.6) is 0 Å². The standard InChI is InChI=1S/C10H18.C10H22/c1-8(2)10-6-4-9(3)5-7-10;1-8(2)6-7-10(5)9(3)4/h4,8,10H,5-7H2,1-3H3;8-10H,6-7H2,1-5H3. The minimum atomic E-state index is 0.860. The van der Waals surface area contributed by atoms with Crippen LogP contribution in [0.15, 0.2) is 11.6 Å². The minimum Gasteiger partial charge on any atom is -0.0853 e. The van der Waals surface area contributed by atoms with Gasteiger partial charge in [-0.05, 0) is 55.8 Å². The summed E-state index contributed by atoms with van der Waals surface area (Å²) in [7, 11) is 0. The zero-order valence-corrected chi connectivity index (χ0v) is 15.5. The molecule has 0 aromatic carbocycles. The molecule has 1 rings (SSSR count). The molecule has 0 spiro atoms. The third kappa shape index (κ3) is 9.61. The van der Waals surface area contributed by atoms with E-state index in [1.165, 1.54) is 32.1 Å². The smallest absolute Gasteiger partial charge is 0.0317 e. The van der Waals surface area contributed by atoms with Crippen molar-refractivity contribution in [1.29, 1.82) is 0 Å². The highest BCUT2D eigenvalue weighted by Crippen LogP contribution is 2.28. The van der Waals surface area contributed by atoms with Gasteiger partial charge in [0.15, 0.2) is 0 Å². The molecule has 0 aromatic heterocycles. The van der Waals surface area contributed by atoms with Crippen LogP contribution in [0.4, 0.5) is 0 Å². The highest BCUT2D eigenvalue weighted by molar-refractivity contribution is 5.03. The maximum absolute atomic E-state index is 2.41. The molecule has 0 aromatic rings. The molecule has 0 radical (unpaired) electrons. The van der Waals surface area contributed by atoms with Crippen LogP contribution in [0, 0.1) is 29.6 Å². The van der Waals surface area contributed by atoms with Crippen LogP contribution in [-0.4, -0.2) is 0 Å². The second-order valence-electron chi connectivity index (χ2n) is 8.02.